The first-order valence-electron chi connectivity index (χ1n) is 5.11. The third kappa shape index (κ3) is 2.07. The summed E-state index contributed by atoms with van der Waals surface area (Å²) in [5, 5.41) is 1.33. The van der Waals surface area contributed by atoms with E-state index < -0.39 is 8.07 Å². The SMILES string of the molecule is C[Si](C)(C)Cc1cc2ccccc2[nH]1. The smallest absolute Gasteiger partial charge is 0.0505 e. The minimum absolute atomic E-state index is 0.992. The number of aromatic amines is 1. The molecule has 1 aromatic carbocycles. The van der Waals surface area contributed by atoms with Crippen molar-refractivity contribution >= 4 is 19.0 Å². The summed E-state index contributed by atoms with van der Waals surface area (Å²) >= 11 is 0. The van der Waals surface area contributed by atoms with Crippen LogP contribution in [-0.2, 0) is 6.04 Å². The molecule has 0 bridgehead atoms. The van der Waals surface area contributed by atoms with Crippen LogP contribution in [0.2, 0.25) is 19.6 Å². The standard InChI is InChI=1S/C12H17NSi/c1-14(2,3)9-11-8-10-6-4-5-7-12(10)13-11/h4-8,13H,9H2,1-3H3. The molecule has 0 fully saturated rings. The van der Waals surface area contributed by atoms with Gasteiger partial charge >= 0.3 is 0 Å². The van der Waals surface area contributed by atoms with Gasteiger partial charge in [-0.3, -0.25) is 0 Å². The summed E-state index contributed by atoms with van der Waals surface area (Å²) in [7, 11) is -0.992. The minimum atomic E-state index is -0.992. The van der Waals surface area contributed by atoms with E-state index in [1.165, 1.54) is 22.6 Å². The van der Waals surface area contributed by atoms with Crippen molar-refractivity contribution in [3.8, 4) is 0 Å². The second kappa shape index (κ2) is 3.28. The molecule has 74 valence electrons. The average molecular weight is 203 g/mol. The average Bonchev–Trinajstić information content (AvgIpc) is 2.42. The number of aromatic nitrogens is 1. The fourth-order valence-electron chi connectivity index (χ4n) is 1.80. The van der Waals surface area contributed by atoms with Crippen molar-refractivity contribution in [3.05, 3.63) is 36.0 Å². The first kappa shape index (κ1) is 9.53. The molecule has 2 aromatic rings. The van der Waals surface area contributed by atoms with Crippen molar-refractivity contribution in [1.82, 2.24) is 4.98 Å². The van der Waals surface area contributed by atoms with E-state index in [1.807, 2.05) is 0 Å². The van der Waals surface area contributed by atoms with Gasteiger partial charge in [0.1, 0.15) is 0 Å². The van der Waals surface area contributed by atoms with Gasteiger partial charge in [0.25, 0.3) is 0 Å². The van der Waals surface area contributed by atoms with E-state index in [4.69, 9.17) is 0 Å². The van der Waals surface area contributed by atoms with E-state index >= 15 is 0 Å². The lowest BCUT2D eigenvalue weighted by atomic mass is 10.2. The van der Waals surface area contributed by atoms with E-state index in [1.54, 1.807) is 0 Å². The van der Waals surface area contributed by atoms with Gasteiger partial charge in [-0.05, 0) is 23.6 Å². The van der Waals surface area contributed by atoms with Gasteiger partial charge in [0.05, 0.1) is 8.07 Å². The van der Waals surface area contributed by atoms with Crippen molar-refractivity contribution in [2.45, 2.75) is 25.7 Å². The Balaban J connectivity index is 2.36. The highest BCUT2D eigenvalue weighted by molar-refractivity contribution is 6.75. The molecule has 0 radical (unpaired) electrons. The lowest BCUT2D eigenvalue weighted by Crippen LogP contribution is -2.23. The van der Waals surface area contributed by atoms with Crippen molar-refractivity contribution < 1.29 is 0 Å². The molecule has 0 unspecified atom stereocenters. The molecular weight excluding hydrogens is 186 g/mol. The third-order valence-corrected chi connectivity index (χ3v) is 3.75. The van der Waals surface area contributed by atoms with Gasteiger partial charge in [0, 0.05) is 11.2 Å². The van der Waals surface area contributed by atoms with E-state index in [-0.39, 0.29) is 0 Å². The molecule has 1 nitrogen and oxygen atoms in total. The first-order chi connectivity index (χ1) is 6.54. The van der Waals surface area contributed by atoms with Crippen LogP contribution >= 0.6 is 0 Å². The summed E-state index contributed by atoms with van der Waals surface area (Å²) in [4.78, 5) is 3.49. The quantitative estimate of drug-likeness (QED) is 0.718. The predicted octanol–water partition coefficient (Wildman–Crippen LogP) is 3.59. The molecule has 1 aromatic heterocycles. The molecule has 1 N–H and O–H groups in total. The topological polar surface area (TPSA) is 15.8 Å². The maximum atomic E-state index is 3.49. The summed E-state index contributed by atoms with van der Waals surface area (Å²) in [6, 6.07) is 12.0. The van der Waals surface area contributed by atoms with Crippen LogP contribution < -0.4 is 0 Å². The first-order valence-corrected chi connectivity index (χ1v) is 8.82. The molecule has 1 heterocycles. The van der Waals surface area contributed by atoms with Gasteiger partial charge in [-0.1, -0.05) is 37.8 Å². The van der Waals surface area contributed by atoms with E-state index in [9.17, 15) is 0 Å². The van der Waals surface area contributed by atoms with Gasteiger partial charge in [-0.25, -0.2) is 0 Å². The summed E-state index contributed by atoms with van der Waals surface area (Å²) in [6.07, 6.45) is 0. The van der Waals surface area contributed by atoms with Crippen LogP contribution in [0.5, 0.6) is 0 Å². The Bertz CT molecular complexity index is 404. The van der Waals surface area contributed by atoms with Gasteiger partial charge in [0.2, 0.25) is 0 Å². The Hall–Kier alpha value is -1.02. The monoisotopic (exact) mass is 203 g/mol. The van der Waals surface area contributed by atoms with Crippen LogP contribution in [-0.4, -0.2) is 13.1 Å². The highest BCUT2D eigenvalue weighted by atomic mass is 28.3. The minimum Gasteiger partial charge on any atom is -0.359 e. The summed E-state index contributed by atoms with van der Waals surface area (Å²) < 4.78 is 0. The molecule has 2 rings (SSSR count). The highest BCUT2D eigenvalue weighted by Gasteiger charge is 2.14. The predicted molar refractivity (Wildman–Crippen MR) is 65.3 cm³/mol. The van der Waals surface area contributed by atoms with Gasteiger partial charge in [-0.2, -0.15) is 0 Å². The molecule has 0 aliphatic carbocycles. The molecule has 0 atom stereocenters. The van der Waals surface area contributed by atoms with Gasteiger partial charge < -0.3 is 4.98 Å². The van der Waals surface area contributed by atoms with Gasteiger partial charge in [0.15, 0.2) is 0 Å². The zero-order valence-electron chi connectivity index (χ0n) is 9.09. The van der Waals surface area contributed by atoms with Crippen LogP contribution in [0.1, 0.15) is 5.69 Å². The Morgan fingerprint density at radius 2 is 1.86 bits per heavy atom. The Morgan fingerprint density at radius 3 is 2.50 bits per heavy atom. The zero-order chi connectivity index (χ0) is 10.2. The summed E-state index contributed by atoms with van der Waals surface area (Å²) in [5.74, 6) is 0. The highest BCUT2D eigenvalue weighted by Crippen LogP contribution is 2.18. The second-order valence-electron chi connectivity index (χ2n) is 5.12. The largest absolute Gasteiger partial charge is 0.359 e. The Morgan fingerprint density at radius 1 is 1.14 bits per heavy atom. The molecular formula is C12H17NSi. The molecule has 2 heteroatoms. The molecule has 0 saturated heterocycles. The number of hydrogen-bond donors (Lipinski definition) is 1. The van der Waals surface area contributed by atoms with Crippen LogP contribution in [0.4, 0.5) is 0 Å². The molecule has 14 heavy (non-hydrogen) atoms. The third-order valence-electron chi connectivity index (χ3n) is 2.31. The van der Waals surface area contributed by atoms with E-state index in [2.05, 4.69) is 55.0 Å². The molecule has 0 spiro atoms. The number of hydrogen-bond acceptors (Lipinski definition) is 0. The van der Waals surface area contributed by atoms with Crippen LogP contribution in [0.15, 0.2) is 30.3 Å². The second-order valence-corrected chi connectivity index (χ2v) is 10.6. The van der Waals surface area contributed by atoms with Crippen LogP contribution in [0.25, 0.3) is 10.9 Å². The number of para-hydroxylation sites is 1. The number of rotatable bonds is 2. The Labute approximate surface area is 86.2 Å². The van der Waals surface area contributed by atoms with Crippen LogP contribution in [0, 0.1) is 0 Å². The number of fused-ring (bicyclic) bond motifs is 1. The fourth-order valence-corrected chi connectivity index (χ4v) is 3.13. The maximum Gasteiger partial charge on any atom is 0.0505 e. The maximum absolute atomic E-state index is 3.49. The Kier molecular flexibility index (Phi) is 2.23. The lowest BCUT2D eigenvalue weighted by Gasteiger charge is -2.13. The molecule has 0 saturated carbocycles. The van der Waals surface area contributed by atoms with E-state index in [0.29, 0.717) is 0 Å². The van der Waals surface area contributed by atoms with Gasteiger partial charge in [-0.15, -0.1) is 0 Å². The number of benzene rings is 1. The van der Waals surface area contributed by atoms with Crippen LogP contribution in [0.3, 0.4) is 0 Å². The van der Waals surface area contributed by atoms with Crippen molar-refractivity contribution in [2.24, 2.45) is 0 Å². The molecule has 0 aliphatic heterocycles. The molecule has 0 amide bonds. The summed E-state index contributed by atoms with van der Waals surface area (Å²) in [6.45, 7) is 7.20. The van der Waals surface area contributed by atoms with Crippen molar-refractivity contribution in [3.63, 3.8) is 0 Å². The van der Waals surface area contributed by atoms with E-state index in [0.717, 1.165) is 0 Å². The summed E-state index contributed by atoms with van der Waals surface area (Å²) in [5.41, 5.74) is 2.66. The van der Waals surface area contributed by atoms with Crippen molar-refractivity contribution in [2.75, 3.05) is 0 Å². The number of nitrogens with one attached hydrogen (secondary N) is 1. The normalized spacial score (nSPS) is 12.2. The fraction of sp³-hybridized carbons (Fsp3) is 0.333. The number of H-pyrrole nitrogens is 1. The zero-order valence-corrected chi connectivity index (χ0v) is 10.1. The molecule has 0 aliphatic rings. The lowest BCUT2D eigenvalue weighted by molar-refractivity contribution is 1.20. The van der Waals surface area contributed by atoms with Crippen molar-refractivity contribution in [1.29, 1.82) is 0 Å².